The number of thioether (sulfide) groups is 1. The third-order valence-electron chi connectivity index (χ3n) is 6.95. The van der Waals surface area contributed by atoms with E-state index in [1.54, 1.807) is 18.2 Å². The number of ether oxygens (including phenoxy) is 2. The van der Waals surface area contributed by atoms with Gasteiger partial charge in [-0.1, -0.05) is 36.1 Å². The van der Waals surface area contributed by atoms with Gasteiger partial charge in [0.25, 0.3) is 11.5 Å². The maximum absolute atomic E-state index is 13.1. The Morgan fingerprint density at radius 3 is 2.86 bits per heavy atom. The maximum atomic E-state index is 13.1. The zero-order valence-electron chi connectivity index (χ0n) is 18.8. The molecule has 4 aliphatic rings. The summed E-state index contributed by atoms with van der Waals surface area (Å²) in [6.45, 7) is 2.33. The van der Waals surface area contributed by atoms with Gasteiger partial charge < -0.3 is 18.9 Å². The van der Waals surface area contributed by atoms with Gasteiger partial charge in [0.1, 0.15) is 4.32 Å². The first-order valence-corrected chi connectivity index (χ1v) is 12.8. The van der Waals surface area contributed by atoms with Gasteiger partial charge in [-0.3, -0.25) is 19.3 Å². The fourth-order valence-corrected chi connectivity index (χ4v) is 6.62. The summed E-state index contributed by atoms with van der Waals surface area (Å²) in [7, 11) is 0. The summed E-state index contributed by atoms with van der Waals surface area (Å²) in [6.07, 6.45) is 2.99. The van der Waals surface area contributed by atoms with E-state index >= 15 is 0 Å². The second kappa shape index (κ2) is 8.83. The maximum Gasteiger partial charge on any atom is 0.266 e. The van der Waals surface area contributed by atoms with Crippen LogP contribution in [0.25, 0.3) is 6.08 Å². The molecule has 0 radical (unpaired) electrons. The summed E-state index contributed by atoms with van der Waals surface area (Å²) in [4.78, 5) is 42.2. The summed E-state index contributed by atoms with van der Waals surface area (Å²) in [5.74, 6) is 1.60. The van der Waals surface area contributed by atoms with Crippen LogP contribution in [0.15, 0.2) is 46.1 Å². The van der Waals surface area contributed by atoms with Crippen molar-refractivity contribution >= 4 is 46.2 Å². The van der Waals surface area contributed by atoms with Crippen LogP contribution in [0.2, 0.25) is 0 Å². The Morgan fingerprint density at radius 2 is 1.97 bits per heavy atom. The van der Waals surface area contributed by atoms with Crippen molar-refractivity contribution in [3.05, 3.63) is 62.9 Å². The first kappa shape index (κ1) is 22.4. The van der Waals surface area contributed by atoms with Crippen LogP contribution in [0.5, 0.6) is 11.5 Å². The molecule has 2 fully saturated rings. The molecule has 1 aromatic carbocycles. The molecule has 0 aliphatic carbocycles. The van der Waals surface area contributed by atoms with E-state index in [0.29, 0.717) is 40.4 Å². The molecule has 180 valence electrons. The van der Waals surface area contributed by atoms with Gasteiger partial charge in [-0.15, -0.1) is 0 Å². The lowest BCUT2D eigenvalue weighted by Crippen LogP contribution is -2.49. The number of piperidine rings is 1. The Kier molecular flexibility index (Phi) is 5.64. The van der Waals surface area contributed by atoms with Crippen LogP contribution in [0.1, 0.15) is 30.0 Å². The SMILES string of the molecule is O=C(CCN1C(=O)/C(=C\c2ccc3c(c2)OCO3)SC1=S)N1C[C@@H]2C[C@H](C1)c1cccc(=O)n1C2. The summed E-state index contributed by atoms with van der Waals surface area (Å²) < 4.78 is 13.1. The van der Waals surface area contributed by atoms with E-state index < -0.39 is 0 Å². The number of rotatable bonds is 4. The van der Waals surface area contributed by atoms with Crippen LogP contribution < -0.4 is 15.0 Å². The second-order valence-corrected chi connectivity index (χ2v) is 10.9. The minimum absolute atomic E-state index is 0.0141. The van der Waals surface area contributed by atoms with Gasteiger partial charge >= 0.3 is 0 Å². The monoisotopic (exact) mass is 509 g/mol. The molecular formula is C25H23N3O5S2. The normalized spacial score (nSPS) is 23.7. The van der Waals surface area contributed by atoms with Gasteiger partial charge in [0.2, 0.25) is 12.7 Å². The predicted molar refractivity (Wildman–Crippen MR) is 135 cm³/mol. The van der Waals surface area contributed by atoms with E-state index in [0.717, 1.165) is 17.7 Å². The number of hydrogen-bond donors (Lipinski definition) is 0. The van der Waals surface area contributed by atoms with E-state index in [2.05, 4.69) is 0 Å². The van der Waals surface area contributed by atoms with Gasteiger partial charge in [-0.05, 0) is 42.2 Å². The number of thiocarbonyl (C=S) groups is 1. The first-order chi connectivity index (χ1) is 17.0. The van der Waals surface area contributed by atoms with Crippen LogP contribution >= 0.6 is 24.0 Å². The molecule has 4 aliphatic heterocycles. The van der Waals surface area contributed by atoms with E-state index in [1.807, 2.05) is 33.7 Å². The largest absolute Gasteiger partial charge is 0.454 e. The number of fused-ring (bicyclic) bond motifs is 5. The highest BCUT2D eigenvalue weighted by molar-refractivity contribution is 8.26. The number of aromatic nitrogens is 1. The van der Waals surface area contributed by atoms with Crippen molar-refractivity contribution in [3.8, 4) is 11.5 Å². The fourth-order valence-electron chi connectivity index (χ4n) is 5.31. The minimum atomic E-state index is -0.186. The summed E-state index contributed by atoms with van der Waals surface area (Å²) in [5.41, 5.74) is 1.86. The lowest BCUT2D eigenvalue weighted by Gasteiger charge is -2.42. The van der Waals surface area contributed by atoms with Crippen LogP contribution in [0.3, 0.4) is 0 Å². The molecule has 0 saturated carbocycles. The molecule has 1 aromatic heterocycles. The highest BCUT2D eigenvalue weighted by atomic mass is 32.2. The molecule has 0 spiro atoms. The average molecular weight is 510 g/mol. The smallest absolute Gasteiger partial charge is 0.266 e. The lowest BCUT2D eigenvalue weighted by atomic mass is 9.83. The van der Waals surface area contributed by atoms with Crippen molar-refractivity contribution in [1.82, 2.24) is 14.4 Å². The Bertz CT molecular complexity index is 1340. The summed E-state index contributed by atoms with van der Waals surface area (Å²) in [5, 5.41) is 0. The number of benzene rings is 1. The van der Waals surface area contributed by atoms with Gasteiger partial charge in [0, 0.05) is 50.3 Å². The molecule has 2 bridgehead atoms. The molecule has 35 heavy (non-hydrogen) atoms. The van der Waals surface area contributed by atoms with Crippen LogP contribution in [0, 0.1) is 5.92 Å². The summed E-state index contributed by atoms with van der Waals surface area (Å²) in [6, 6.07) is 10.9. The van der Waals surface area contributed by atoms with E-state index in [1.165, 1.54) is 16.7 Å². The molecule has 5 heterocycles. The number of carbonyl (C=O) groups is 2. The molecule has 0 N–H and O–H groups in total. The quantitative estimate of drug-likeness (QED) is 0.463. The highest BCUT2D eigenvalue weighted by Crippen LogP contribution is 2.37. The van der Waals surface area contributed by atoms with Gasteiger partial charge in [0.15, 0.2) is 11.5 Å². The van der Waals surface area contributed by atoms with Gasteiger partial charge in [0.05, 0.1) is 4.91 Å². The number of pyridine rings is 1. The molecule has 10 heteroatoms. The molecule has 2 aromatic rings. The zero-order chi connectivity index (χ0) is 24.1. The first-order valence-electron chi connectivity index (χ1n) is 11.6. The standard InChI is InChI=1S/C25H23N3O5S2/c29-22(26-11-16-8-17(13-26)18-2-1-3-23(30)28(18)12-16)6-7-27-24(31)21(35-25(27)34)10-15-4-5-19-20(9-15)33-14-32-19/h1-5,9-10,16-17H,6-8,11-14H2/b21-10+/t16-,17+/m0/s1. The van der Waals surface area contributed by atoms with Gasteiger partial charge in [-0.25, -0.2) is 0 Å². The van der Waals surface area contributed by atoms with Crippen LogP contribution in [0.4, 0.5) is 0 Å². The van der Waals surface area contributed by atoms with Crippen molar-refractivity contribution in [2.75, 3.05) is 26.4 Å². The fraction of sp³-hybridized carbons (Fsp3) is 0.360. The van der Waals surface area contributed by atoms with Gasteiger partial charge in [-0.2, -0.15) is 0 Å². The van der Waals surface area contributed by atoms with Crippen molar-refractivity contribution < 1.29 is 19.1 Å². The molecule has 0 unspecified atom stereocenters. The number of amides is 2. The topological polar surface area (TPSA) is 81.1 Å². The third-order valence-corrected chi connectivity index (χ3v) is 8.33. The molecule has 2 atom stereocenters. The number of carbonyl (C=O) groups excluding carboxylic acids is 2. The number of nitrogens with zero attached hydrogens (tertiary/aromatic N) is 3. The molecule has 8 nitrogen and oxygen atoms in total. The molecular weight excluding hydrogens is 486 g/mol. The Morgan fingerprint density at radius 1 is 1.11 bits per heavy atom. The minimum Gasteiger partial charge on any atom is -0.454 e. The number of hydrogen-bond acceptors (Lipinski definition) is 7. The van der Waals surface area contributed by atoms with Crippen LogP contribution in [-0.4, -0.2) is 56.9 Å². The van der Waals surface area contributed by atoms with Crippen molar-refractivity contribution in [2.24, 2.45) is 5.92 Å². The van der Waals surface area contributed by atoms with E-state index in [4.69, 9.17) is 21.7 Å². The predicted octanol–water partition coefficient (Wildman–Crippen LogP) is 2.81. The molecule has 6 rings (SSSR count). The average Bonchev–Trinajstić information content (AvgIpc) is 3.42. The number of likely N-dealkylation sites (tertiary alicyclic amines) is 1. The highest BCUT2D eigenvalue weighted by Gasteiger charge is 2.37. The summed E-state index contributed by atoms with van der Waals surface area (Å²) >= 11 is 6.69. The van der Waals surface area contributed by atoms with Crippen molar-refractivity contribution in [1.29, 1.82) is 0 Å². The van der Waals surface area contributed by atoms with E-state index in [-0.39, 0.29) is 49.0 Å². The Labute approximate surface area is 211 Å². The Hall–Kier alpha value is -3.11. The van der Waals surface area contributed by atoms with Crippen molar-refractivity contribution in [3.63, 3.8) is 0 Å². The zero-order valence-corrected chi connectivity index (χ0v) is 20.5. The van der Waals surface area contributed by atoms with E-state index in [9.17, 15) is 14.4 Å². The second-order valence-electron chi connectivity index (χ2n) is 9.19. The van der Waals surface area contributed by atoms with Crippen molar-refractivity contribution in [2.45, 2.75) is 25.3 Å². The molecule has 2 amide bonds. The van der Waals surface area contributed by atoms with Crippen LogP contribution in [-0.2, 0) is 16.1 Å². The lowest BCUT2D eigenvalue weighted by molar-refractivity contribution is -0.134. The third kappa shape index (κ3) is 4.14. The Balaban J connectivity index is 1.10. The molecule has 2 saturated heterocycles.